The fourth-order valence-electron chi connectivity index (χ4n) is 3.74. The van der Waals surface area contributed by atoms with Crippen molar-refractivity contribution in [1.29, 1.82) is 0 Å². The normalized spacial score (nSPS) is 15.8. The zero-order valence-electron chi connectivity index (χ0n) is 18.1. The van der Waals surface area contributed by atoms with Crippen LogP contribution in [0.2, 0.25) is 5.02 Å². The van der Waals surface area contributed by atoms with E-state index in [1.54, 1.807) is 7.11 Å². The van der Waals surface area contributed by atoms with Crippen LogP contribution in [0.15, 0.2) is 47.4 Å². The van der Waals surface area contributed by atoms with E-state index in [4.69, 9.17) is 16.3 Å². The highest BCUT2D eigenvalue weighted by molar-refractivity contribution is 7.89. The molecule has 8 heteroatoms. The molecule has 1 heterocycles. The summed E-state index contributed by atoms with van der Waals surface area (Å²) in [4.78, 5) is 13.2. The van der Waals surface area contributed by atoms with Crippen LogP contribution in [0, 0.1) is 5.92 Å². The van der Waals surface area contributed by atoms with Crippen LogP contribution >= 0.6 is 11.6 Å². The Morgan fingerprint density at radius 3 is 2.35 bits per heavy atom. The van der Waals surface area contributed by atoms with Crippen molar-refractivity contribution >= 4 is 27.5 Å². The molecule has 0 radical (unpaired) electrons. The van der Waals surface area contributed by atoms with E-state index in [1.807, 2.05) is 24.3 Å². The first-order valence-electron chi connectivity index (χ1n) is 10.5. The van der Waals surface area contributed by atoms with Gasteiger partial charge >= 0.3 is 0 Å². The number of hydrogen-bond donors (Lipinski definition) is 1. The van der Waals surface area contributed by atoms with Crippen LogP contribution in [0.5, 0.6) is 5.75 Å². The lowest BCUT2D eigenvalue weighted by Gasteiger charge is -2.22. The predicted molar refractivity (Wildman–Crippen MR) is 122 cm³/mol. The van der Waals surface area contributed by atoms with E-state index < -0.39 is 15.9 Å². The summed E-state index contributed by atoms with van der Waals surface area (Å²) >= 11 is 6.29. The van der Waals surface area contributed by atoms with Crippen LogP contribution in [0.4, 0.5) is 0 Å². The van der Waals surface area contributed by atoms with Gasteiger partial charge in [0.1, 0.15) is 5.75 Å². The van der Waals surface area contributed by atoms with Gasteiger partial charge in [-0.15, -0.1) is 0 Å². The van der Waals surface area contributed by atoms with Crippen LogP contribution in [-0.4, -0.2) is 38.8 Å². The summed E-state index contributed by atoms with van der Waals surface area (Å²) < 4.78 is 32.5. The molecular weight excluding hydrogens is 436 g/mol. The fraction of sp³-hybridized carbons (Fsp3) is 0.435. The largest absolute Gasteiger partial charge is 0.497 e. The number of nitrogens with zero attached hydrogens (tertiary/aromatic N) is 1. The van der Waals surface area contributed by atoms with Crippen LogP contribution in [-0.2, 0) is 10.0 Å². The quantitative estimate of drug-likeness (QED) is 0.617. The summed E-state index contributed by atoms with van der Waals surface area (Å²) in [5.74, 6) is 0.677. The van der Waals surface area contributed by atoms with Gasteiger partial charge in [0.2, 0.25) is 10.0 Å². The Hall–Kier alpha value is -2.09. The van der Waals surface area contributed by atoms with Crippen molar-refractivity contribution in [2.24, 2.45) is 5.92 Å². The molecule has 168 valence electrons. The number of halogens is 1. The van der Waals surface area contributed by atoms with Crippen molar-refractivity contribution in [2.45, 2.75) is 44.0 Å². The molecule has 1 amide bonds. The van der Waals surface area contributed by atoms with Gasteiger partial charge in [0.05, 0.1) is 28.6 Å². The van der Waals surface area contributed by atoms with Crippen molar-refractivity contribution in [2.75, 3.05) is 20.2 Å². The van der Waals surface area contributed by atoms with Gasteiger partial charge in [0.25, 0.3) is 5.91 Å². The Morgan fingerprint density at radius 2 is 1.77 bits per heavy atom. The minimum atomic E-state index is -3.64. The van der Waals surface area contributed by atoms with Crippen molar-refractivity contribution in [3.8, 4) is 5.75 Å². The Balaban J connectivity index is 1.87. The maximum atomic E-state index is 13.1. The molecule has 31 heavy (non-hydrogen) atoms. The van der Waals surface area contributed by atoms with Gasteiger partial charge in [-0.2, -0.15) is 4.31 Å². The van der Waals surface area contributed by atoms with Gasteiger partial charge in [0, 0.05) is 13.1 Å². The molecule has 0 saturated carbocycles. The molecule has 0 aliphatic carbocycles. The molecule has 1 aliphatic heterocycles. The minimum Gasteiger partial charge on any atom is -0.497 e. The Labute approximate surface area is 189 Å². The molecule has 0 aromatic heterocycles. The molecule has 1 fully saturated rings. The summed E-state index contributed by atoms with van der Waals surface area (Å²) in [6.45, 7) is 5.17. The van der Waals surface area contributed by atoms with Crippen molar-refractivity contribution in [3.05, 3.63) is 58.6 Å². The summed E-state index contributed by atoms with van der Waals surface area (Å²) in [5, 5.41) is 3.25. The van der Waals surface area contributed by atoms with E-state index in [-0.39, 0.29) is 21.5 Å². The highest BCUT2D eigenvalue weighted by Crippen LogP contribution is 2.28. The lowest BCUT2D eigenvalue weighted by atomic mass is 9.96. The number of benzene rings is 2. The number of amides is 1. The molecular formula is C23H29ClN2O4S. The van der Waals surface area contributed by atoms with Crippen molar-refractivity contribution < 1.29 is 17.9 Å². The maximum Gasteiger partial charge on any atom is 0.253 e. The summed E-state index contributed by atoms with van der Waals surface area (Å²) in [7, 11) is -2.03. The summed E-state index contributed by atoms with van der Waals surface area (Å²) in [6.07, 6.45) is 2.42. The van der Waals surface area contributed by atoms with E-state index >= 15 is 0 Å². The second-order valence-corrected chi connectivity index (χ2v) is 10.5. The Morgan fingerprint density at radius 1 is 1.13 bits per heavy atom. The van der Waals surface area contributed by atoms with Gasteiger partial charge < -0.3 is 10.1 Å². The third-order valence-corrected chi connectivity index (χ3v) is 7.64. The number of ether oxygens (including phenoxy) is 1. The zero-order chi connectivity index (χ0) is 22.6. The van der Waals surface area contributed by atoms with E-state index in [0.29, 0.717) is 19.0 Å². The Bertz CT molecular complexity index is 1020. The molecule has 0 spiro atoms. The SMILES string of the molecule is COc1ccc([C@@H](CC(C)C)NC(=O)c2cc(S(=O)(=O)N3CCCC3)ccc2Cl)cc1. The molecule has 1 N–H and O–H groups in total. The van der Waals surface area contributed by atoms with Gasteiger partial charge in [-0.25, -0.2) is 8.42 Å². The number of carbonyl (C=O) groups is 1. The average molecular weight is 465 g/mol. The maximum absolute atomic E-state index is 13.1. The molecule has 1 saturated heterocycles. The number of hydrogen-bond acceptors (Lipinski definition) is 4. The zero-order valence-corrected chi connectivity index (χ0v) is 19.7. The molecule has 0 bridgehead atoms. The number of nitrogens with one attached hydrogen (secondary N) is 1. The van der Waals surface area contributed by atoms with Crippen molar-refractivity contribution in [1.82, 2.24) is 9.62 Å². The van der Waals surface area contributed by atoms with Crippen LogP contribution < -0.4 is 10.1 Å². The molecule has 1 aliphatic rings. The average Bonchev–Trinajstić information content (AvgIpc) is 3.29. The predicted octanol–water partition coefficient (Wildman–Crippen LogP) is 4.65. The molecule has 0 unspecified atom stereocenters. The lowest BCUT2D eigenvalue weighted by molar-refractivity contribution is 0.0932. The van der Waals surface area contributed by atoms with E-state index in [1.165, 1.54) is 22.5 Å². The third-order valence-electron chi connectivity index (χ3n) is 5.42. The number of methoxy groups -OCH3 is 1. The molecule has 3 rings (SSSR count). The highest BCUT2D eigenvalue weighted by Gasteiger charge is 2.28. The van der Waals surface area contributed by atoms with E-state index in [0.717, 1.165) is 30.6 Å². The van der Waals surface area contributed by atoms with Gasteiger partial charge in [-0.3, -0.25) is 4.79 Å². The molecule has 6 nitrogen and oxygen atoms in total. The topological polar surface area (TPSA) is 75.7 Å². The second-order valence-electron chi connectivity index (χ2n) is 8.18. The number of sulfonamides is 1. The standard InChI is InChI=1S/C23H29ClN2O4S/c1-16(2)14-22(17-6-8-18(30-3)9-7-17)25-23(27)20-15-19(10-11-21(20)24)31(28,29)26-12-4-5-13-26/h6-11,15-16,22H,4-5,12-14H2,1-3H3,(H,25,27)/t22-/m1/s1. The minimum absolute atomic E-state index is 0.0915. The number of rotatable bonds is 8. The molecule has 1 atom stereocenters. The summed E-state index contributed by atoms with van der Waals surface area (Å²) in [6, 6.07) is 11.6. The van der Waals surface area contributed by atoms with Crippen LogP contribution in [0.25, 0.3) is 0 Å². The number of carbonyl (C=O) groups excluding carboxylic acids is 1. The van der Waals surface area contributed by atoms with Crippen LogP contribution in [0.1, 0.15) is 55.1 Å². The van der Waals surface area contributed by atoms with E-state index in [2.05, 4.69) is 19.2 Å². The monoisotopic (exact) mass is 464 g/mol. The summed E-state index contributed by atoms with van der Waals surface area (Å²) in [5.41, 5.74) is 1.10. The Kier molecular flexibility index (Phi) is 7.62. The van der Waals surface area contributed by atoms with Gasteiger partial charge in [-0.05, 0) is 61.1 Å². The van der Waals surface area contributed by atoms with E-state index in [9.17, 15) is 13.2 Å². The first kappa shape index (κ1) is 23.6. The fourth-order valence-corrected chi connectivity index (χ4v) is 5.49. The third kappa shape index (κ3) is 5.59. The van der Waals surface area contributed by atoms with Crippen molar-refractivity contribution in [3.63, 3.8) is 0 Å². The van der Waals surface area contributed by atoms with Gasteiger partial charge in [0.15, 0.2) is 0 Å². The molecule has 2 aromatic carbocycles. The first-order valence-corrected chi connectivity index (χ1v) is 12.3. The first-order chi connectivity index (χ1) is 14.7. The lowest BCUT2D eigenvalue weighted by Crippen LogP contribution is -2.31. The second kappa shape index (κ2) is 10.0. The highest BCUT2D eigenvalue weighted by atomic mass is 35.5. The van der Waals surface area contributed by atoms with Crippen LogP contribution in [0.3, 0.4) is 0 Å². The smallest absolute Gasteiger partial charge is 0.253 e. The van der Waals surface area contributed by atoms with Gasteiger partial charge in [-0.1, -0.05) is 37.6 Å². The molecule has 2 aromatic rings.